The summed E-state index contributed by atoms with van der Waals surface area (Å²) in [5.41, 5.74) is 4.73. The molecule has 1 aromatic heterocycles. The highest BCUT2D eigenvalue weighted by Crippen LogP contribution is 2.37. The Balaban J connectivity index is 1.51. The first-order valence-electron chi connectivity index (χ1n) is 11.0. The zero-order valence-electron chi connectivity index (χ0n) is 18.1. The molecule has 3 atom stereocenters. The van der Waals surface area contributed by atoms with Crippen LogP contribution in [0.25, 0.3) is 11.0 Å². The maximum absolute atomic E-state index is 12.6. The first kappa shape index (κ1) is 20.0. The van der Waals surface area contributed by atoms with E-state index in [0.717, 1.165) is 48.7 Å². The highest BCUT2D eigenvalue weighted by molar-refractivity contribution is 6.04. The van der Waals surface area contributed by atoms with Crippen molar-refractivity contribution in [3.05, 3.63) is 71.6 Å². The molecule has 6 nitrogen and oxygen atoms in total. The van der Waals surface area contributed by atoms with Crippen LogP contribution in [0.15, 0.2) is 60.2 Å². The van der Waals surface area contributed by atoms with Crippen LogP contribution >= 0.6 is 0 Å². The summed E-state index contributed by atoms with van der Waals surface area (Å²) < 4.78 is 2.30. The van der Waals surface area contributed by atoms with Crippen molar-refractivity contribution in [2.24, 2.45) is 11.8 Å². The number of nitrogens with zero attached hydrogens (tertiary/aromatic N) is 2. The normalized spacial score (nSPS) is 22.5. The summed E-state index contributed by atoms with van der Waals surface area (Å²) in [6.45, 7) is 8.16. The Morgan fingerprint density at radius 2 is 2.00 bits per heavy atom. The number of anilines is 1. The Hall–Kier alpha value is -2.96. The van der Waals surface area contributed by atoms with E-state index < -0.39 is 0 Å². The number of amides is 1. The molecular formula is C25H29N5O. The second kappa shape index (κ2) is 8.29. The summed E-state index contributed by atoms with van der Waals surface area (Å²) in [5.74, 6) is 2.23. The number of allylic oxidation sites excluding steroid dienone is 2. The molecule has 3 heterocycles. The Kier molecular flexibility index (Phi) is 5.34. The van der Waals surface area contributed by atoms with Gasteiger partial charge in [0.2, 0.25) is 0 Å². The highest BCUT2D eigenvalue weighted by atomic mass is 16.1. The zero-order chi connectivity index (χ0) is 21.4. The molecule has 3 unspecified atom stereocenters. The van der Waals surface area contributed by atoms with E-state index in [2.05, 4.69) is 40.4 Å². The molecule has 3 N–H and O–H groups in total. The van der Waals surface area contributed by atoms with Crippen molar-refractivity contribution in [3.8, 4) is 0 Å². The van der Waals surface area contributed by atoms with Gasteiger partial charge in [0.15, 0.2) is 0 Å². The number of carbonyl (C=O) groups excluding carboxylic acids is 1. The second-order valence-corrected chi connectivity index (χ2v) is 8.85. The van der Waals surface area contributed by atoms with Gasteiger partial charge in [-0.2, -0.15) is 0 Å². The average Bonchev–Trinajstić information content (AvgIpc) is 3.47. The van der Waals surface area contributed by atoms with Crippen LogP contribution in [-0.2, 0) is 6.54 Å². The predicted octanol–water partition coefficient (Wildman–Crippen LogP) is 3.73. The topological polar surface area (TPSA) is 71.0 Å². The van der Waals surface area contributed by atoms with Gasteiger partial charge in [-0.15, -0.1) is 0 Å². The van der Waals surface area contributed by atoms with E-state index in [1.807, 2.05) is 48.5 Å². The van der Waals surface area contributed by atoms with Gasteiger partial charge >= 0.3 is 0 Å². The Morgan fingerprint density at radius 1 is 1.16 bits per heavy atom. The molecule has 2 aromatic carbocycles. The van der Waals surface area contributed by atoms with Gasteiger partial charge in [-0.05, 0) is 62.6 Å². The fraction of sp³-hybridized carbons (Fsp3) is 0.360. The van der Waals surface area contributed by atoms with E-state index in [1.165, 1.54) is 5.57 Å². The monoisotopic (exact) mass is 415 g/mol. The van der Waals surface area contributed by atoms with E-state index >= 15 is 0 Å². The Labute approximate surface area is 182 Å². The summed E-state index contributed by atoms with van der Waals surface area (Å²) >= 11 is 0. The van der Waals surface area contributed by atoms with Gasteiger partial charge in [0, 0.05) is 30.9 Å². The number of nitrogens with one attached hydrogen (secondary N) is 3. The van der Waals surface area contributed by atoms with Crippen LogP contribution in [0.4, 0.5) is 5.69 Å². The van der Waals surface area contributed by atoms with E-state index in [0.29, 0.717) is 17.4 Å². The maximum Gasteiger partial charge on any atom is 0.255 e. The van der Waals surface area contributed by atoms with Crippen LogP contribution < -0.4 is 16.0 Å². The van der Waals surface area contributed by atoms with Crippen LogP contribution in [0.5, 0.6) is 0 Å². The molecule has 2 aliphatic heterocycles. The van der Waals surface area contributed by atoms with E-state index in [4.69, 9.17) is 4.98 Å². The maximum atomic E-state index is 12.6. The number of aromatic nitrogens is 2. The number of hydrogen-bond donors (Lipinski definition) is 3. The largest absolute Gasteiger partial charge is 0.323 e. The molecule has 0 radical (unpaired) electrons. The molecule has 160 valence electrons. The fourth-order valence-electron chi connectivity index (χ4n) is 4.79. The van der Waals surface area contributed by atoms with Crippen LogP contribution in [0.3, 0.4) is 0 Å². The lowest BCUT2D eigenvalue weighted by atomic mass is 9.94. The molecule has 1 amide bonds. The number of fused-ring (bicyclic) bond motifs is 2. The van der Waals surface area contributed by atoms with Gasteiger partial charge in [-0.1, -0.05) is 29.8 Å². The number of rotatable bonds is 5. The summed E-state index contributed by atoms with van der Waals surface area (Å²) in [5, 5.41) is 10.3. The van der Waals surface area contributed by atoms with Gasteiger partial charge in [0.1, 0.15) is 5.82 Å². The van der Waals surface area contributed by atoms with Crippen molar-refractivity contribution >= 4 is 22.6 Å². The molecule has 2 saturated heterocycles. The van der Waals surface area contributed by atoms with E-state index in [1.54, 1.807) is 0 Å². The summed E-state index contributed by atoms with van der Waals surface area (Å²) in [6, 6.07) is 15.5. The minimum atomic E-state index is -0.104. The van der Waals surface area contributed by atoms with E-state index in [-0.39, 0.29) is 11.9 Å². The smallest absolute Gasteiger partial charge is 0.255 e. The minimum absolute atomic E-state index is 0.104. The number of imidazole rings is 1. The molecule has 0 bridgehead atoms. The van der Waals surface area contributed by atoms with Crippen LogP contribution in [0.2, 0.25) is 0 Å². The highest BCUT2D eigenvalue weighted by Gasteiger charge is 2.41. The lowest BCUT2D eigenvalue weighted by molar-refractivity contribution is 0.102. The quantitative estimate of drug-likeness (QED) is 0.555. The lowest BCUT2D eigenvalue weighted by Gasteiger charge is -2.19. The Bertz CT molecular complexity index is 1130. The van der Waals surface area contributed by atoms with E-state index in [9.17, 15) is 4.79 Å². The Morgan fingerprint density at radius 3 is 2.81 bits per heavy atom. The molecule has 6 heteroatoms. The molecular weight excluding hydrogens is 386 g/mol. The number of benzene rings is 2. The average molecular weight is 416 g/mol. The molecule has 31 heavy (non-hydrogen) atoms. The van der Waals surface area contributed by atoms with Crippen LogP contribution in [-0.4, -0.2) is 35.1 Å². The SMILES string of the molecule is CC(C)=CCn1c(C2NCC3CNCC32)nc2ccc(NC(=O)c3ccccc3)cc21. The van der Waals surface area contributed by atoms with Gasteiger partial charge in [-0.25, -0.2) is 4.98 Å². The van der Waals surface area contributed by atoms with Crippen molar-refractivity contribution in [1.82, 2.24) is 20.2 Å². The molecule has 0 saturated carbocycles. The van der Waals surface area contributed by atoms with Crippen LogP contribution in [0.1, 0.15) is 36.1 Å². The number of hydrogen-bond acceptors (Lipinski definition) is 4. The van der Waals surface area contributed by atoms with Crippen molar-refractivity contribution in [3.63, 3.8) is 0 Å². The standard InChI is InChI=1S/C25H29N5O/c1-16(2)10-11-30-22-12-19(28-25(31)17-6-4-3-5-7-17)8-9-21(22)29-24(30)23-20-15-26-13-18(20)14-27-23/h3-10,12,18,20,23,26-27H,11,13-15H2,1-2H3,(H,28,31). The second-order valence-electron chi connectivity index (χ2n) is 8.85. The van der Waals surface area contributed by atoms with Crippen LogP contribution in [0, 0.1) is 11.8 Å². The molecule has 5 rings (SSSR count). The van der Waals surface area contributed by atoms with Gasteiger partial charge in [-0.3, -0.25) is 4.79 Å². The summed E-state index contributed by atoms with van der Waals surface area (Å²) in [7, 11) is 0. The predicted molar refractivity (Wildman–Crippen MR) is 124 cm³/mol. The third kappa shape index (κ3) is 3.89. The van der Waals surface area contributed by atoms with Crippen molar-refractivity contribution in [2.45, 2.75) is 26.4 Å². The first-order valence-corrected chi connectivity index (χ1v) is 11.0. The summed E-state index contributed by atoms with van der Waals surface area (Å²) in [6.07, 6.45) is 2.24. The van der Waals surface area contributed by atoms with Crippen molar-refractivity contribution < 1.29 is 4.79 Å². The molecule has 0 aliphatic carbocycles. The zero-order valence-corrected chi connectivity index (χ0v) is 18.1. The van der Waals surface area contributed by atoms with Crippen molar-refractivity contribution in [2.75, 3.05) is 25.0 Å². The third-order valence-corrected chi connectivity index (χ3v) is 6.45. The summed E-state index contributed by atoms with van der Waals surface area (Å²) in [4.78, 5) is 17.7. The molecule has 3 aromatic rings. The van der Waals surface area contributed by atoms with Gasteiger partial charge < -0.3 is 20.5 Å². The lowest BCUT2D eigenvalue weighted by Crippen LogP contribution is -2.26. The minimum Gasteiger partial charge on any atom is -0.323 e. The molecule has 2 aliphatic rings. The fourth-order valence-corrected chi connectivity index (χ4v) is 4.79. The molecule has 0 spiro atoms. The third-order valence-electron chi connectivity index (χ3n) is 6.45. The first-order chi connectivity index (χ1) is 15.1. The van der Waals surface area contributed by atoms with Gasteiger partial charge in [0.05, 0.1) is 17.1 Å². The van der Waals surface area contributed by atoms with Crippen molar-refractivity contribution in [1.29, 1.82) is 0 Å². The molecule has 2 fully saturated rings. The van der Waals surface area contributed by atoms with Gasteiger partial charge in [0.25, 0.3) is 5.91 Å². The number of carbonyl (C=O) groups is 1.